The molecule has 28 heavy (non-hydrogen) atoms. The van der Waals surface area contributed by atoms with Crippen LogP contribution >= 0.6 is 11.6 Å². The second-order valence-electron chi connectivity index (χ2n) is 6.50. The molecule has 4 rings (SSSR count). The number of carbonyl (C=O) groups is 3. The van der Waals surface area contributed by atoms with Gasteiger partial charge in [0, 0.05) is 44.1 Å². The van der Waals surface area contributed by atoms with Crippen LogP contribution in [0.2, 0.25) is 5.02 Å². The van der Waals surface area contributed by atoms with Gasteiger partial charge in [-0.1, -0.05) is 29.8 Å². The number of rotatable bonds is 3. The van der Waals surface area contributed by atoms with Crippen LogP contribution in [0.15, 0.2) is 48.8 Å². The SMILES string of the molecule is O=C(C(=O)N1CCN(C(=O)c2ccccc2)CC1)c1c[nH]c2c(Cl)ccnc12. The number of pyridine rings is 1. The molecular formula is C20H17ClN4O3. The first-order valence-corrected chi connectivity index (χ1v) is 9.23. The molecule has 1 saturated heterocycles. The smallest absolute Gasteiger partial charge is 0.295 e. The van der Waals surface area contributed by atoms with Gasteiger partial charge in [-0.25, -0.2) is 0 Å². The van der Waals surface area contributed by atoms with E-state index in [0.29, 0.717) is 47.8 Å². The molecule has 0 spiro atoms. The summed E-state index contributed by atoms with van der Waals surface area (Å²) in [5.41, 5.74) is 1.72. The summed E-state index contributed by atoms with van der Waals surface area (Å²) in [5, 5.41) is 0.435. The molecule has 0 saturated carbocycles. The van der Waals surface area contributed by atoms with Gasteiger partial charge in [0.25, 0.3) is 17.6 Å². The van der Waals surface area contributed by atoms with Crippen LogP contribution in [0.5, 0.6) is 0 Å². The van der Waals surface area contributed by atoms with Crippen LogP contribution in [0.25, 0.3) is 11.0 Å². The average molecular weight is 397 g/mol. The maximum atomic E-state index is 12.7. The molecule has 1 aliphatic heterocycles. The van der Waals surface area contributed by atoms with Gasteiger partial charge in [0.05, 0.1) is 16.1 Å². The summed E-state index contributed by atoms with van der Waals surface area (Å²) in [6.45, 7) is 1.37. The monoisotopic (exact) mass is 396 g/mol. The summed E-state index contributed by atoms with van der Waals surface area (Å²) < 4.78 is 0. The van der Waals surface area contributed by atoms with Gasteiger partial charge in [0.15, 0.2) is 0 Å². The molecule has 0 atom stereocenters. The highest BCUT2D eigenvalue weighted by Gasteiger charge is 2.30. The van der Waals surface area contributed by atoms with E-state index in [1.807, 2.05) is 18.2 Å². The number of ketones is 1. The Kier molecular flexibility index (Phi) is 4.83. The number of H-pyrrole nitrogens is 1. The van der Waals surface area contributed by atoms with Crippen molar-refractivity contribution in [2.75, 3.05) is 26.2 Å². The maximum Gasteiger partial charge on any atom is 0.295 e. The van der Waals surface area contributed by atoms with Gasteiger partial charge < -0.3 is 14.8 Å². The normalized spacial score (nSPS) is 14.3. The van der Waals surface area contributed by atoms with Crippen molar-refractivity contribution in [3.05, 3.63) is 64.9 Å². The molecule has 8 heteroatoms. The Morgan fingerprint density at radius 3 is 2.36 bits per heavy atom. The van der Waals surface area contributed by atoms with E-state index < -0.39 is 11.7 Å². The Balaban J connectivity index is 1.44. The molecule has 7 nitrogen and oxygen atoms in total. The van der Waals surface area contributed by atoms with Crippen LogP contribution in [-0.2, 0) is 4.79 Å². The maximum absolute atomic E-state index is 12.7. The molecule has 1 fully saturated rings. The lowest BCUT2D eigenvalue weighted by molar-refractivity contribution is -0.127. The molecule has 0 unspecified atom stereocenters. The van der Waals surface area contributed by atoms with Crippen molar-refractivity contribution in [3.8, 4) is 0 Å². The van der Waals surface area contributed by atoms with Crippen molar-refractivity contribution in [2.24, 2.45) is 0 Å². The predicted octanol–water partition coefficient (Wildman–Crippen LogP) is 2.38. The molecule has 3 heterocycles. The van der Waals surface area contributed by atoms with Crippen molar-refractivity contribution in [3.63, 3.8) is 0 Å². The zero-order chi connectivity index (χ0) is 19.7. The number of nitrogens with zero attached hydrogens (tertiary/aromatic N) is 3. The van der Waals surface area contributed by atoms with E-state index in [0.717, 1.165) is 0 Å². The zero-order valence-electron chi connectivity index (χ0n) is 14.9. The summed E-state index contributed by atoms with van der Waals surface area (Å²) >= 11 is 6.08. The highest BCUT2D eigenvalue weighted by atomic mass is 35.5. The largest absolute Gasteiger partial charge is 0.358 e. The van der Waals surface area contributed by atoms with Crippen molar-refractivity contribution in [1.29, 1.82) is 0 Å². The van der Waals surface area contributed by atoms with Gasteiger partial charge in [-0.2, -0.15) is 0 Å². The van der Waals surface area contributed by atoms with Crippen LogP contribution in [0.1, 0.15) is 20.7 Å². The number of aromatic amines is 1. The van der Waals surface area contributed by atoms with Gasteiger partial charge in [0.1, 0.15) is 5.52 Å². The van der Waals surface area contributed by atoms with E-state index in [4.69, 9.17) is 11.6 Å². The summed E-state index contributed by atoms with van der Waals surface area (Å²) in [7, 11) is 0. The Morgan fingerprint density at radius 2 is 1.64 bits per heavy atom. The molecule has 142 valence electrons. The molecule has 0 aliphatic carbocycles. The standard InChI is InChI=1S/C20H17ClN4O3/c21-15-6-7-22-16-14(12-23-17(15)16)18(26)20(28)25-10-8-24(9-11-25)19(27)13-4-2-1-3-5-13/h1-7,12,23H,8-11H2. The molecule has 2 aromatic heterocycles. The van der Waals surface area contributed by atoms with Crippen molar-refractivity contribution in [1.82, 2.24) is 19.8 Å². The number of hydrogen-bond acceptors (Lipinski definition) is 4. The lowest BCUT2D eigenvalue weighted by Crippen LogP contribution is -2.52. The minimum Gasteiger partial charge on any atom is -0.358 e. The zero-order valence-corrected chi connectivity index (χ0v) is 15.6. The first-order valence-electron chi connectivity index (χ1n) is 8.86. The number of Topliss-reactive ketones (excluding diaryl/α,β-unsaturated/α-hetero) is 1. The third kappa shape index (κ3) is 3.25. The number of benzene rings is 1. The summed E-state index contributed by atoms with van der Waals surface area (Å²) in [4.78, 5) is 48.1. The second kappa shape index (κ2) is 7.44. The van der Waals surface area contributed by atoms with Crippen molar-refractivity contribution >= 4 is 40.2 Å². The second-order valence-corrected chi connectivity index (χ2v) is 6.91. The first kappa shape index (κ1) is 18.2. The number of piperazine rings is 1. The van der Waals surface area contributed by atoms with Gasteiger partial charge in [-0.05, 0) is 18.2 Å². The van der Waals surface area contributed by atoms with E-state index >= 15 is 0 Å². The molecule has 1 aromatic carbocycles. The van der Waals surface area contributed by atoms with Gasteiger partial charge >= 0.3 is 0 Å². The molecule has 3 aromatic rings. The molecular weight excluding hydrogens is 380 g/mol. The van der Waals surface area contributed by atoms with Crippen molar-refractivity contribution in [2.45, 2.75) is 0 Å². The quantitative estimate of drug-likeness (QED) is 0.544. The molecule has 2 amide bonds. The van der Waals surface area contributed by atoms with Gasteiger partial charge in [-0.3, -0.25) is 19.4 Å². The number of halogens is 1. The van der Waals surface area contributed by atoms with Crippen LogP contribution < -0.4 is 0 Å². The first-order chi connectivity index (χ1) is 13.6. The lowest BCUT2D eigenvalue weighted by atomic mass is 10.1. The number of fused-ring (bicyclic) bond motifs is 1. The van der Waals surface area contributed by atoms with Crippen LogP contribution in [0.3, 0.4) is 0 Å². The van der Waals surface area contributed by atoms with Crippen molar-refractivity contribution < 1.29 is 14.4 Å². The van der Waals surface area contributed by atoms with Gasteiger partial charge in [0.2, 0.25) is 0 Å². The molecule has 1 N–H and O–H groups in total. The summed E-state index contributed by atoms with van der Waals surface area (Å²) in [6, 6.07) is 10.6. The number of nitrogens with one attached hydrogen (secondary N) is 1. The average Bonchev–Trinajstić information content (AvgIpc) is 3.18. The van der Waals surface area contributed by atoms with E-state index in [1.54, 1.807) is 23.1 Å². The fraction of sp³-hybridized carbons (Fsp3) is 0.200. The van der Waals surface area contributed by atoms with Crippen LogP contribution in [0, 0.1) is 0 Å². The predicted molar refractivity (Wildman–Crippen MR) is 104 cm³/mol. The van der Waals surface area contributed by atoms with Crippen LogP contribution in [-0.4, -0.2) is 63.5 Å². The number of amides is 2. The van der Waals surface area contributed by atoms with Gasteiger partial charge in [-0.15, -0.1) is 0 Å². The Morgan fingerprint density at radius 1 is 0.964 bits per heavy atom. The van der Waals surface area contributed by atoms with E-state index in [1.165, 1.54) is 17.3 Å². The minimum atomic E-state index is -0.635. The Labute approximate surface area is 165 Å². The topological polar surface area (TPSA) is 86.4 Å². The molecule has 0 bridgehead atoms. The summed E-state index contributed by atoms with van der Waals surface area (Å²) in [5.74, 6) is -1.31. The number of hydrogen-bond donors (Lipinski definition) is 1. The number of aromatic nitrogens is 2. The van der Waals surface area contributed by atoms with E-state index in [2.05, 4.69) is 9.97 Å². The highest BCUT2D eigenvalue weighted by Crippen LogP contribution is 2.24. The molecule has 1 aliphatic rings. The fourth-order valence-electron chi connectivity index (χ4n) is 3.30. The molecule has 0 radical (unpaired) electrons. The lowest BCUT2D eigenvalue weighted by Gasteiger charge is -2.34. The minimum absolute atomic E-state index is 0.0745. The number of carbonyl (C=O) groups excluding carboxylic acids is 3. The third-order valence-electron chi connectivity index (χ3n) is 4.83. The third-order valence-corrected chi connectivity index (χ3v) is 5.14. The van der Waals surface area contributed by atoms with Crippen LogP contribution in [0.4, 0.5) is 0 Å². The fourth-order valence-corrected chi connectivity index (χ4v) is 3.50. The highest BCUT2D eigenvalue weighted by molar-refractivity contribution is 6.45. The Bertz CT molecular complexity index is 1060. The van der Waals surface area contributed by atoms with E-state index in [9.17, 15) is 14.4 Å². The Hall–Kier alpha value is -3.19. The van der Waals surface area contributed by atoms with E-state index in [-0.39, 0.29) is 11.5 Å². The summed E-state index contributed by atoms with van der Waals surface area (Å²) in [6.07, 6.45) is 2.95.